The summed E-state index contributed by atoms with van der Waals surface area (Å²) in [7, 11) is 0. The van der Waals surface area contributed by atoms with Crippen molar-refractivity contribution in [1.82, 2.24) is 9.55 Å². The molecule has 0 atom stereocenters. The molecule has 1 aromatic carbocycles. The Labute approximate surface area is 154 Å². The Bertz CT molecular complexity index is 1000. The first-order valence-corrected chi connectivity index (χ1v) is 8.53. The molecule has 0 unspecified atom stereocenters. The number of rotatable bonds is 4. The Morgan fingerprint density at radius 2 is 2.08 bits per heavy atom. The molecule has 136 valence electrons. The van der Waals surface area contributed by atoms with E-state index in [-0.39, 0.29) is 28.3 Å². The number of halogens is 2. The molecule has 8 nitrogen and oxygen atoms in total. The van der Waals surface area contributed by atoms with E-state index >= 15 is 0 Å². The second-order valence-electron chi connectivity index (χ2n) is 5.73. The Morgan fingerprint density at radius 1 is 1.31 bits per heavy atom. The molecule has 0 radical (unpaired) electrons. The van der Waals surface area contributed by atoms with Crippen molar-refractivity contribution in [3.05, 3.63) is 55.5 Å². The number of aromatic amines is 1. The number of H-pyrrole nitrogens is 1. The highest BCUT2D eigenvalue weighted by Crippen LogP contribution is 2.26. The van der Waals surface area contributed by atoms with Gasteiger partial charge < -0.3 is 10.2 Å². The smallest absolute Gasteiger partial charge is 0.324 e. The minimum absolute atomic E-state index is 0.107. The van der Waals surface area contributed by atoms with Gasteiger partial charge >= 0.3 is 5.69 Å². The van der Waals surface area contributed by atoms with E-state index in [0.717, 1.165) is 10.6 Å². The zero-order valence-electron chi connectivity index (χ0n) is 13.4. The second kappa shape index (κ2) is 7.24. The molecule has 2 heterocycles. The van der Waals surface area contributed by atoms with Crippen LogP contribution in [0, 0.1) is 5.82 Å². The van der Waals surface area contributed by atoms with Crippen LogP contribution in [-0.4, -0.2) is 27.9 Å². The van der Waals surface area contributed by atoms with Crippen molar-refractivity contribution in [1.29, 1.82) is 0 Å². The van der Waals surface area contributed by atoms with Gasteiger partial charge in [0.05, 0.1) is 10.2 Å². The van der Waals surface area contributed by atoms with Crippen LogP contribution < -0.4 is 21.5 Å². The molecular weight excluding hydrogens is 411 g/mol. The molecule has 1 aliphatic heterocycles. The summed E-state index contributed by atoms with van der Waals surface area (Å²) in [6, 6.07) is 4.02. The highest BCUT2D eigenvalue weighted by atomic mass is 79.9. The van der Waals surface area contributed by atoms with Crippen molar-refractivity contribution < 1.29 is 14.0 Å². The lowest BCUT2D eigenvalue weighted by Gasteiger charge is -2.17. The third kappa shape index (κ3) is 3.74. The lowest BCUT2D eigenvalue weighted by molar-refractivity contribution is -0.117. The molecule has 10 heteroatoms. The molecule has 2 N–H and O–H groups in total. The van der Waals surface area contributed by atoms with Crippen LogP contribution in [0.1, 0.15) is 12.8 Å². The molecule has 2 amide bonds. The van der Waals surface area contributed by atoms with Crippen molar-refractivity contribution in [3.8, 4) is 0 Å². The molecule has 0 saturated carbocycles. The van der Waals surface area contributed by atoms with E-state index in [1.165, 1.54) is 23.2 Å². The number of amides is 2. The fourth-order valence-corrected chi connectivity index (χ4v) is 3.01. The summed E-state index contributed by atoms with van der Waals surface area (Å²) in [6.45, 7) is 0.105. The van der Waals surface area contributed by atoms with E-state index in [1.54, 1.807) is 0 Å². The number of aromatic nitrogens is 2. The Kier molecular flexibility index (Phi) is 5.03. The molecule has 2 aromatic rings. The van der Waals surface area contributed by atoms with E-state index in [0.29, 0.717) is 19.4 Å². The van der Waals surface area contributed by atoms with Crippen LogP contribution in [0.25, 0.3) is 0 Å². The predicted octanol–water partition coefficient (Wildman–Crippen LogP) is 1.20. The number of carbonyl (C=O) groups excluding carboxylic acids is 2. The number of anilines is 2. The fraction of sp³-hybridized carbons (Fsp3) is 0.250. The average molecular weight is 425 g/mol. The standard InChI is InChI=1S/C16H14BrFN4O4/c17-10-7-21(16(26)20-15(10)25)8-13(23)19-9-3-4-12(11(18)6-9)22-5-1-2-14(22)24/h3-4,6-7H,1-2,5,8H2,(H,19,23)(H,20,25,26). The highest BCUT2D eigenvalue weighted by molar-refractivity contribution is 9.10. The van der Waals surface area contributed by atoms with E-state index in [2.05, 4.69) is 26.2 Å². The van der Waals surface area contributed by atoms with Crippen molar-refractivity contribution in [2.75, 3.05) is 16.8 Å². The molecular formula is C16H14BrFN4O4. The van der Waals surface area contributed by atoms with Gasteiger partial charge in [-0.2, -0.15) is 0 Å². The van der Waals surface area contributed by atoms with E-state index in [9.17, 15) is 23.6 Å². The third-order valence-corrected chi connectivity index (χ3v) is 4.44. The molecule has 0 spiro atoms. The Hall–Kier alpha value is -2.75. The molecule has 26 heavy (non-hydrogen) atoms. The molecule has 1 fully saturated rings. The van der Waals surface area contributed by atoms with E-state index in [1.807, 2.05) is 0 Å². The SMILES string of the molecule is O=C(Cn1cc(Br)c(=O)[nH]c1=O)Nc1ccc(N2CCCC2=O)c(F)c1. The molecule has 1 aliphatic rings. The maximum Gasteiger partial charge on any atom is 0.328 e. The van der Waals surface area contributed by atoms with Crippen molar-refractivity contribution in [3.63, 3.8) is 0 Å². The van der Waals surface area contributed by atoms with Gasteiger partial charge in [-0.05, 0) is 40.5 Å². The fourth-order valence-electron chi connectivity index (χ4n) is 2.66. The van der Waals surface area contributed by atoms with Crippen LogP contribution in [0.5, 0.6) is 0 Å². The van der Waals surface area contributed by atoms with Crippen LogP contribution >= 0.6 is 15.9 Å². The first-order valence-electron chi connectivity index (χ1n) is 7.74. The number of nitrogens with zero attached hydrogens (tertiary/aromatic N) is 2. The average Bonchev–Trinajstić information content (AvgIpc) is 2.98. The van der Waals surface area contributed by atoms with Gasteiger partial charge in [0.15, 0.2) is 0 Å². The molecule has 0 bridgehead atoms. The van der Waals surface area contributed by atoms with Gasteiger partial charge in [-0.3, -0.25) is 23.9 Å². The molecule has 0 aliphatic carbocycles. The van der Waals surface area contributed by atoms with Crippen LogP contribution in [0.3, 0.4) is 0 Å². The maximum absolute atomic E-state index is 14.3. The van der Waals surface area contributed by atoms with Crippen molar-refractivity contribution >= 4 is 39.1 Å². The van der Waals surface area contributed by atoms with Gasteiger partial charge in [0.1, 0.15) is 12.4 Å². The quantitative estimate of drug-likeness (QED) is 0.769. The van der Waals surface area contributed by atoms with Gasteiger partial charge in [-0.15, -0.1) is 0 Å². The number of carbonyl (C=O) groups is 2. The van der Waals surface area contributed by atoms with Crippen molar-refractivity contribution in [2.45, 2.75) is 19.4 Å². The van der Waals surface area contributed by atoms with E-state index in [4.69, 9.17) is 0 Å². The topological polar surface area (TPSA) is 104 Å². The number of nitrogens with one attached hydrogen (secondary N) is 2. The van der Waals surface area contributed by atoms with Gasteiger partial charge in [0.2, 0.25) is 11.8 Å². The molecule has 1 aromatic heterocycles. The lowest BCUT2D eigenvalue weighted by atomic mass is 10.2. The minimum atomic E-state index is -0.734. The summed E-state index contributed by atoms with van der Waals surface area (Å²) in [5.74, 6) is -1.33. The number of benzene rings is 1. The van der Waals surface area contributed by atoms with Crippen LogP contribution in [0.4, 0.5) is 15.8 Å². The van der Waals surface area contributed by atoms with Gasteiger partial charge in [0, 0.05) is 24.8 Å². The highest BCUT2D eigenvalue weighted by Gasteiger charge is 2.24. The number of hydrogen-bond donors (Lipinski definition) is 2. The zero-order valence-corrected chi connectivity index (χ0v) is 15.0. The summed E-state index contributed by atoms with van der Waals surface area (Å²) in [4.78, 5) is 50.2. The molecule has 1 saturated heterocycles. The lowest BCUT2D eigenvalue weighted by Crippen LogP contribution is -2.33. The maximum atomic E-state index is 14.3. The Balaban J connectivity index is 1.73. The third-order valence-electron chi connectivity index (χ3n) is 3.88. The monoisotopic (exact) mass is 424 g/mol. The normalized spacial score (nSPS) is 13.9. The minimum Gasteiger partial charge on any atom is -0.324 e. The van der Waals surface area contributed by atoms with Gasteiger partial charge in [-0.1, -0.05) is 0 Å². The van der Waals surface area contributed by atoms with Crippen molar-refractivity contribution in [2.24, 2.45) is 0 Å². The predicted molar refractivity (Wildman–Crippen MR) is 95.6 cm³/mol. The Morgan fingerprint density at radius 3 is 2.73 bits per heavy atom. The van der Waals surface area contributed by atoms with Crippen LogP contribution in [-0.2, 0) is 16.1 Å². The summed E-state index contributed by atoms with van der Waals surface area (Å²) >= 11 is 2.97. The largest absolute Gasteiger partial charge is 0.328 e. The molecule has 3 rings (SSSR count). The first-order chi connectivity index (χ1) is 12.3. The van der Waals surface area contributed by atoms with Gasteiger partial charge in [-0.25, -0.2) is 9.18 Å². The zero-order chi connectivity index (χ0) is 18.8. The van der Waals surface area contributed by atoms with Crippen LogP contribution in [0.2, 0.25) is 0 Å². The second-order valence-corrected chi connectivity index (χ2v) is 6.58. The van der Waals surface area contributed by atoms with Gasteiger partial charge in [0.25, 0.3) is 5.56 Å². The van der Waals surface area contributed by atoms with Crippen LogP contribution in [0.15, 0.2) is 38.5 Å². The van der Waals surface area contributed by atoms with E-state index < -0.39 is 23.0 Å². The number of hydrogen-bond acceptors (Lipinski definition) is 4. The summed E-state index contributed by atoms with van der Waals surface area (Å²) in [5, 5.41) is 2.47. The summed E-state index contributed by atoms with van der Waals surface area (Å²) in [6.07, 6.45) is 2.27. The summed E-state index contributed by atoms with van der Waals surface area (Å²) < 4.78 is 15.4. The summed E-state index contributed by atoms with van der Waals surface area (Å²) in [5.41, 5.74) is -0.964. The first kappa shape index (κ1) is 18.1.